The number of alkyl halides is 1. The number of benzene rings is 1. The Morgan fingerprint density at radius 2 is 2.11 bits per heavy atom. The molecule has 1 fully saturated rings. The van der Waals surface area contributed by atoms with Gasteiger partial charge in [-0.15, -0.1) is 11.6 Å². The van der Waals surface area contributed by atoms with Crippen LogP contribution in [0.4, 0.5) is 0 Å². The Morgan fingerprint density at radius 3 is 2.72 bits per heavy atom. The van der Waals surface area contributed by atoms with Crippen LogP contribution in [0.15, 0.2) is 22.7 Å². The zero-order valence-electron chi connectivity index (χ0n) is 10.8. The summed E-state index contributed by atoms with van der Waals surface area (Å²) >= 11 is 10.00. The molecule has 0 aromatic heterocycles. The predicted molar refractivity (Wildman–Crippen MR) is 80.5 cm³/mol. The van der Waals surface area contributed by atoms with Crippen molar-refractivity contribution in [1.29, 1.82) is 0 Å². The molecule has 0 N–H and O–H groups in total. The Morgan fingerprint density at radius 1 is 1.39 bits per heavy atom. The van der Waals surface area contributed by atoms with Gasteiger partial charge in [0.05, 0.1) is 17.0 Å². The Hall–Kier alpha value is -0.210. The fourth-order valence-electron chi connectivity index (χ4n) is 2.73. The average molecular weight is 332 g/mol. The van der Waals surface area contributed by atoms with Gasteiger partial charge >= 0.3 is 0 Å². The summed E-state index contributed by atoms with van der Waals surface area (Å²) in [5.74, 6) is 1.77. The van der Waals surface area contributed by atoms with E-state index < -0.39 is 0 Å². The molecule has 3 heteroatoms. The number of rotatable bonds is 5. The van der Waals surface area contributed by atoms with Gasteiger partial charge in [0.15, 0.2) is 0 Å². The Balaban J connectivity index is 1.91. The predicted octanol–water partition coefficient (Wildman–Crippen LogP) is 5.71. The fraction of sp³-hybridized carbons (Fsp3) is 0.600. The molecule has 1 atom stereocenters. The topological polar surface area (TPSA) is 9.23 Å². The molecule has 1 saturated carbocycles. The maximum atomic E-state index is 6.49. The van der Waals surface area contributed by atoms with Gasteiger partial charge in [0.25, 0.3) is 0 Å². The van der Waals surface area contributed by atoms with E-state index in [0.717, 1.165) is 22.6 Å². The van der Waals surface area contributed by atoms with Crippen molar-refractivity contribution >= 4 is 27.5 Å². The van der Waals surface area contributed by atoms with Crippen molar-refractivity contribution < 1.29 is 4.74 Å². The summed E-state index contributed by atoms with van der Waals surface area (Å²) in [6.45, 7) is 0. The molecule has 0 radical (unpaired) electrons. The van der Waals surface area contributed by atoms with Crippen LogP contribution in [0.3, 0.4) is 0 Å². The lowest BCUT2D eigenvalue weighted by molar-refractivity contribution is 0.412. The van der Waals surface area contributed by atoms with E-state index in [0.29, 0.717) is 0 Å². The van der Waals surface area contributed by atoms with Crippen LogP contribution in [0, 0.1) is 5.92 Å². The van der Waals surface area contributed by atoms with E-state index in [9.17, 15) is 0 Å². The molecule has 0 aliphatic heterocycles. The third-order valence-electron chi connectivity index (χ3n) is 3.84. The summed E-state index contributed by atoms with van der Waals surface area (Å²) in [5, 5.41) is 0.118. The smallest absolute Gasteiger partial charge is 0.133 e. The minimum atomic E-state index is 0.118. The standard InChI is InChI=1S/C15H20BrClO/c1-18-15-9-7-12(10-13(15)16)14(17)8-6-11-4-2-3-5-11/h7,9-11,14H,2-6,8H2,1H3. The largest absolute Gasteiger partial charge is 0.496 e. The summed E-state index contributed by atoms with van der Waals surface area (Å²) in [6, 6.07) is 6.12. The second-order valence-corrected chi connectivity index (χ2v) is 6.47. The minimum absolute atomic E-state index is 0.118. The third-order valence-corrected chi connectivity index (χ3v) is 4.93. The highest BCUT2D eigenvalue weighted by Gasteiger charge is 2.17. The van der Waals surface area contributed by atoms with E-state index in [4.69, 9.17) is 16.3 Å². The summed E-state index contributed by atoms with van der Waals surface area (Å²) in [6.07, 6.45) is 7.95. The van der Waals surface area contributed by atoms with Crippen LogP contribution in [0.5, 0.6) is 5.75 Å². The molecule has 1 aromatic rings. The first-order valence-corrected chi connectivity index (χ1v) is 7.91. The highest BCUT2D eigenvalue weighted by molar-refractivity contribution is 9.10. The molecule has 18 heavy (non-hydrogen) atoms. The second kappa shape index (κ2) is 6.81. The van der Waals surface area contributed by atoms with E-state index in [2.05, 4.69) is 28.1 Å². The van der Waals surface area contributed by atoms with Crippen LogP contribution in [0.25, 0.3) is 0 Å². The molecule has 1 aromatic carbocycles. The molecule has 0 amide bonds. The highest BCUT2D eigenvalue weighted by atomic mass is 79.9. The molecule has 1 nitrogen and oxygen atoms in total. The molecule has 0 heterocycles. The third kappa shape index (κ3) is 3.64. The van der Waals surface area contributed by atoms with Crippen LogP contribution in [-0.2, 0) is 0 Å². The first-order valence-electron chi connectivity index (χ1n) is 6.68. The van der Waals surface area contributed by atoms with Crippen LogP contribution >= 0.6 is 27.5 Å². The van der Waals surface area contributed by atoms with Crippen molar-refractivity contribution in [3.05, 3.63) is 28.2 Å². The summed E-state index contributed by atoms with van der Waals surface area (Å²) in [5.41, 5.74) is 1.18. The molecular weight excluding hydrogens is 312 g/mol. The number of ether oxygens (including phenoxy) is 1. The summed E-state index contributed by atoms with van der Waals surface area (Å²) in [7, 11) is 1.68. The molecule has 2 rings (SSSR count). The van der Waals surface area contributed by atoms with Crippen LogP contribution in [-0.4, -0.2) is 7.11 Å². The van der Waals surface area contributed by atoms with Gasteiger partial charge in [0.2, 0.25) is 0 Å². The number of hydrogen-bond acceptors (Lipinski definition) is 1. The van der Waals surface area contributed by atoms with E-state index in [1.807, 2.05) is 6.07 Å². The molecule has 1 aliphatic carbocycles. The summed E-state index contributed by atoms with van der Waals surface area (Å²) < 4.78 is 6.21. The lowest BCUT2D eigenvalue weighted by Crippen LogP contribution is -1.98. The van der Waals surface area contributed by atoms with Gasteiger partial charge in [0, 0.05) is 0 Å². The second-order valence-electron chi connectivity index (χ2n) is 5.09. The lowest BCUT2D eigenvalue weighted by Gasteiger charge is -2.14. The molecule has 0 saturated heterocycles. The van der Waals surface area contributed by atoms with Gasteiger partial charge in [-0.25, -0.2) is 0 Å². The first-order chi connectivity index (χ1) is 8.70. The molecule has 0 bridgehead atoms. The van der Waals surface area contributed by atoms with E-state index in [1.165, 1.54) is 37.7 Å². The molecule has 100 valence electrons. The maximum absolute atomic E-state index is 6.49. The van der Waals surface area contributed by atoms with Crippen molar-refractivity contribution in [2.45, 2.75) is 43.9 Å². The average Bonchev–Trinajstić information content (AvgIpc) is 2.89. The van der Waals surface area contributed by atoms with E-state index in [1.54, 1.807) is 7.11 Å². The van der Waals surface area contributed by atoms with E-state index >= 15 is 0 Å². The Bertz CT molecular complexity index is 388. The number of hydrogen-bond donors (Lipinski definition) is 0. The zero-order chi connectivity index (χ0) is 13.0. The normalized spacial score (nSPS) is 17.9. The number of halogens is 2. The quantitative estimate of drug-likeness (QED) is 0.628. The van der Waals surface area contributed by atoms with Crippen molar-refractivity contribution in [2.75, 3.05) is 7.11 Å². The zero-order valence-corrected chi connectivity index (χ0v) is 13.1. The molecular formula is C15H20BrClO. The SMILES string of the molecule is COc1ccc(C(Cl)CCC2CCCC2)cc1Br. The van der Waals surface area contributed by atoms with Gasteiger partial charge in [0.1, 0.15) is 5.75 Å². The van der Waals surface area contributed by atoms with Gasteiger partial charge in [-0.05, 0) is 52.4 Å². The van der Waals surface area contributed by atoms with Crippen LogP contribution < -0.4 is 4.74 Å². The Kier molecular flexibility index (Phi) is 5.38. The lowest BCUT2D eigenvalue weighted by atomic mass is 9.98. The van der Waals surface area contributed by atoms with Crippen molar-refractivity contribution in [1.82, 2.24) is 0 Å². The Labute approximate surface area is 123 Å². The van der Waals surface area contributed by atoms with Gasteiger partial charge in [-0.1, -0.05) is 31.7 Å². The van der Waals surface area contributed by atoms with Crippen molar-refractivity contribution in [3.8, 4) is 5.75 Å². The maximum Gasteiger partial charge on any atom is 0.133 e. The van der Waals surface area contributed by atoms with E-state index in [-0.39, 0.29) is 5.38 Å². The monoisotopic (exact) mass is 330 g/mol. The molecule has 1 aliphatic rings. The fourth-order valence-corrected chi connectivity index (χ4v) is 3.55. The van der Waals surface area contributed by atoms with Gasteiger partial charge in [-0.3, -0.25) is 0 Å². The van der Waals surface area contributed by atoms with Crippen molar-refractivity contribution in [3.63, 3.8) is 0 Å². The first kappa shape index (κ1) is 14.2. The minimum Gasteiger partial charge on any atom is -0.496 e. The van der Waals surface area contributed by atoms with Crippen LogP contribution in [0.1, 0.15) is 49.5 Å². The van der Waals surface area contributed by atoms with Gasteiger partial charge in [-0.2, -0.15) is 0 Å². The van der Waals surface area contributed by atoms with Crippen LogP contribution in [0.2, 0.25) is 0 Å². The van der Waals surface area contributed by atoms with Crippen molar-refractivity contribution in [2.24, 2.45) is 5.92 Å². The highest BCUT2D eigenvalue weighted by Crippen LogP contribution is 2.36. The summed E-state index contributed by atoms with van der Waals surface area (Å²) in [4.78, 5) is 0. The molecule has 1 unspecified atom stereocenters. The molecule has 0 spiro atoms. The number of methoxy groups -OCH3 is 1. The van der Waals surface area contributed by atoms with Gasteiger partial charge < -0.3 is 4.74 Å².